The molecular formula is C16H18N4. The summed E-state index contributed by atoms with van der Waals surface area (Å²) in [5.74, 6) is 0. The zero-order valence-corrected chi connectivity index (χ0v) is 11.9. The fraction of sp³-hybridized carbons (Fsp3) is 0.250. The molecule has 0 aliphatic heterocycles. The summed E-state index contributed by atoms with van der Waals surface area (Å²) in [6.45, 7) is 6.67. The van der Waals surface area contributed by atoms with Crippen LogP contribution in [-0.4, -0.2) is 20.4 Å². The standard InChI is InChI=1S/C16H18N4/c1-16(2,3)15-5-11(13-7-17-18-8-13)4-12(6-15)14-9-19-20-10-14/h4-10H,1-3H3,(H,17,18)(H,19,20). The molecule has 0 radical (unpaired) electrons. The predicted octanol–water partition coefficient (Wildman–Crippen LogP) is 3.76. The predicted molar refractivity (Wildman–Crippen MR) is 80.3 cm³/mol. The van der Waals surface area contributed by atoms with Crippen molar-refractivity contribution in [2.75, 3.05) is 0 Å². The van der Waals surface area contributed by atoms with Crippen LogP contribution in [0.4, 0.5) is 0 Å². The summed E-state index contributed by atoms with van der Waals surface area (Å²) in [6, 6.07) is 6.63. The molecule has 20 heavy (non-hydrogen) atoms. The molecular weight excluding hydrogens is 248 g/mol. The largest absolute Gasteiger partial charge is 0.285 e. The van der Waals surface area contributed by atoms with Gasteiger partial charge in [-0.3, -0.25) is 10.2 Å². The lowest BCUT2D eigenvalue weighted by molar-refractivity contribution is 0.590. The lowest BCUT2D eigenvalue weighted by Crippen LogP contribution is -2.11. The van der Waals surface area contributed by atoms with E-state index in [1.54, 1.807) is 0 Å². The number of hydrogen-bond acceptors (Lipinski definition) is 2. The van der Waals surface area contributed by atoms with Gasteiger partial charge in [0.15, 0.2) is 0 Å². The Balaban J connectivity index is 2.19. The van der Waals surface area contributed by atoms with E-state index in [4.69, 9.17) is 0 Å². The van der Waals surface area contributed by atoms with Crippen molar-refractivity contribution in [3.8, 4) is 22.3 Å². The van der Waals surface area contributed by atoms with E-state index in [0.717, 1.165) is 11.1 Å². The van der Waals surface area contributed by atoms with Crippen LogP contribution in [0, 0.1) is 0 Å². The average molecular weight is 266 g/mol. The highest BCUT2D eigenvalue weighted by Gasteiger charge is 2.16. The van der Waals surface area contributed by atoms with Gasteiger partial charge in [-0.2, -0.15) is 10.2 Å². The second-order valence-electron chi connectivity index (χ2n) is 6.02. The Morgan fingerprint density at radius 3 is 1.60 bits per heavy atom. The van der Waals surface area contributed by atoms with Gasteiger partial charge >= 0.3 is 0 Å². The Kier molecular flexibility index (Phi) is 2.93. The van der Waals surface area contributed by atoms with E-state index in [9.17, 15) is 0 Å². The first-order valence-electron chi connectivity index (χ1n) is 6.68. The first-order valence-corrected chi connectivity index (χ1v) is 6.68. The normalized spacial score (nSPS) is 11.8. The van der Waals surface area contributed by atoms with Gasteiger partial charge in [-0.25, -0.2) is 0 Å². The third-order valence-corrected chi connectivity index (χ3v) is 3.46. The number of hydrogen-bond donors (Lipinski definition) is 2. The van der Waals surface area contributed by atoms with Crippen LogP contribution in [0.3, 0.4) is 0 Å². The molecule has 0 unspecified atom stereocenters. The van der Waals surface area contributed by atoms with Crippen LogP contribution in [0.5, 0.6) is 0 Å². The van der Waals surface area contributed by atoms with E-state index in [-0.39, 0.29) is 5.41 Å². The van der Waals surface area contributed by atoms with Gasteiger partial charge in [0.2, 0.25) is 0 Å². The van der Waals surface area contributed by atoms with Crippen molar-refractivity contribution in [1.29, 1.82) is 0 Å². The van der Waals surface area contributed by atoms with Crippen molar-refractivity contribution in [2.24, 2.45) is 0 Å². The highest BCUT2D eigenvalue weighted by molar-refractivity contribution is 5.73. The molecule has 3 rings (SSSR count). The lowest BCUT2D eigenvalue weighted by Gasteiger charge is -2.21. The number of aromatic amines is 2. The smallest absolute Gasteiger partial charge is 0.0565 e. The van der Waals surface area contributed by atoms with Gasteiger partial charge in [0.05, 0.1) is 12.4 Å². The average Bonchev–Trinajstić information content (AvgIpc) is 3.10. The highest BCUT2D eigenvalue weighted by atomic mass is 15.1. The molecule has 0 bridgehead atoms. The van der Waals surface area contributed by atoms with Gasteiger partial charge in [-0.1, -0.05) is 32.9 Å². The molecule has 2 N–H and O–H groups in total. The Labute approximate surface area is 118 Å². The number of aromatic nitrogens is 4. The molecule has 102 valence electrons. The maximum atomic E-state index is 4.04. The molecule has 4 heteroatoms. The first-order chi connectivity index (χ1) is 9.54. The third kappa shape index (κ3) is 2.37. The zero-order valence-electron chi connectivity index (χ0n) is 11.9. The number of nitrogens with zero attached hydrogens (tertiary/aromatic N) is 2. The highest BCUT2D eigenvalue weighted by Crippen LogP contribution is 2.32. The van der Waals surface area contributed by atoms with Crippen molar-refractivity contribution in [2.45, 2.75) is 26.2 Å². The van der Waals surface area contributed by atoms with Gasteiger partial charge in [0.1, 0.15) is 0 Å². The minimum atomic E-state index is 0.0955. The van der Waals surface area contributed by atoms with Crippen LogP contribution in [0.1, 0.15) is 26.3 Å². The minimum Gasteiger partial charge on any atom is -0.285 e. The van der Waals surface area contributed by atoms with Crippen LogP contribution in [-0.2, 0) is 5.41 Å². The molecule has 0 spiro atoms. The Hall–Kier alpha value is -2.36. The molecule has 0 aliphatic carbocycles. The molecule has 0 amide bonds. The number of H-pyrrole nitrogens is 2. The summed E-state index contributed by atoms with van der Waals surface area (Å²) in [5.41, 5.74) is 5.93. The quantitative estimate of drug-likeness (QED) is 0.742. The van der Waals surface area contributed by atoms with Crippen molar-refractivity contribution in [1.82, 2.24) is 20.4 Å². The van der Waals surface area contributed by atoms with E-state index in [1.807, 2.05) is 24.8 Å². The number of nitrogens with one attached hydrogen (secondary N) is 2. The summed E-state index contributed by atoms with van der Waals surface area (Å²) < 4.78 is 0. The summed E-state index contributed by atoms with van der Waals surface area (Å²) in [5, 5.41) is 13.8. The summed E-state index contributed by atoms with van der Waals surface area (Å²) in [4.78, 5) is 0. The van der Waals surface area contributed by atoms with Crippen LogP contribution in [0.25, 0.3) is 22.3 Å². The second kappa shape index (κ2) is 4.63. The zero-order chi connectivity index (χ0) is 14.2. The van der Waals surface area contributed by atoms with Gasteiger partial charge in [0.25, 0.3) is 0 Å². The van der Waals surface area contributed by atoms with Crippen LogP contribution < -0.4 is 0 Å². The van der Waals surface area contributed by atoms with Crippen molar-refractivity contribution in [3.05, 3.63) is 48.5 Å². The molecule has 0 saturated carbocycles. The minimum absolute atomic E-state index is 0.0955. The van der Waals surface area contributed by atoms with Crippen molar-refractivity contribution < 1.29 is 0 Å². The Morgan fingerprint density at radius 1 is 0.750 bits per heavy atom. The summed E-state index contributed by atoms with van der Waals surface area (Å²) >= 11 is 0. The van der Waals surface area contributed by atoms with E-state index in [1.165, 1.54) is 16.7 Å². The molecule has 4 nitrogen and oxygen atoms in total. The molecule has 0 atom stereocenters. The van der Waals surface area contributed by atoms with E-state index in [0.29, 0.717) is 0 Å². The lowest BCUT2D eigenvalue weighted by atomic mass is 9.84. The van der Waals surface area contributed by atoms with Gasteiger partial charge in [0, 0.05) is 23.5 Å². The molecule has 0 fully saturated rings. The Bertz CT molecular complexity index is 636. The fourth-order valence-electron chi connectivity index (χ4n) is 2.21. The topological polar surface area (TPSA) is 57.4 Å². The molecule has 3 aromatic rings. The monoisotopic (exact) mass is 266 g/mol. The summed E-state index contributed by atoms with van der Waals surface area (Å²) in [7, 11) is 0. The van der Waals surface area contributed by atoms with Crippen LogP contribution in [0.2, 0.25) is 0 Å². The molecule has 0 saturated heterocycles. The SMILES string of the molecule is CC(C)(C)c1cc(-c2cn[nH]c2)cc(-c2cn[nH]c2)c1. The number of rotatable bonds is 2. The van der Waals surface area contributed by atoms with E-state index >= 15 is 0 Å². The number of benzene rings is 1. The van der Waals surface area contributed by atoms with Crippen LogP contribution in [0.15, 0.2) is 43.0 Å². The summed E-state index contributed by atoms with van der Waals surface area (Å²) in [6.07, 6.45) is 7.53. The second-order valence-corrected chi connectivity index (χ2v) is 6.02. The molecule has 2 heterocycles. The van der Waals surface area contributed by atoms with Gasteiger partial charge < -0.3 is 0 Å². The van der Waals surface area contributed by atoms with Crippen molar-refractivity contribution >= 4 is 0 Å². The van der Waals surface area contributed by atoms with E-state index in [2.05, 4.69) is 59.4 Å². The molecule has 1 aromatic carbocycles. The van der Waals surface area contributed by atoms with Crippen molar-refractivity contribution in [3.63, 3.8) is 0 Å². The Morgan fingerprint density at radius 2 is 1.25 bits per heavy atom. The fourth-order valence-corrected chi connectivity index (χ4v) is 2.21. The first kappa shape index (κ1) is 12.7. The van der Waals surface area contributed by atoms with E-state index < -0.39 is 0 Å². The molecule has 0 aliphatic rings. The van der Waals surface area contributed by atoms with Crippen LogP contribution >= 0.6 is 0 Å². The van der Waals surface area contributed by atoms with Gasteiger partial charge in [-0.05, 0) is 28.2 Å². The third-order valence-electron chi connectivity index (χ3n) is 3.46. The van der Waals surface area contributed by atoms with Gasteiger partial charge in [-0.15, -0.1) is 0 Å². The maximum absolute atomic E-state index is 4.04. The molecule has 2 aromatic heterocycles. The maximum Gasteiger partial charge on any atom is 0.0565 e.